The largest absolute Gasteiger partial charge is 0.265 e. The molecule has 108 valence electrons. The molecular weight excluding hydrogens is 292 g/mol. The molecule has 0 aliphatic rings. The lowest BCUT2D eigenvalue weighted by Gasteiger charge is -1.95. The average Bonchev–Trinajstić information content (AvgIpc) is 3.13. The van der Waals surface area contributed by atoms with Crippen molar-refractivity contribution in [2.24, 2.45) is 0 Å². The number of rotatable bonds is 3. The molecule has 0 fully saturated rings. The summed E-state index contributed by atoms with van der Waals surface area (Å²) in [5.41, 5.74) is 3.09. The lowest BCUT2D eigenvalue weighted by molar-refractivity contribution is 0.682. The Kier molecular flexibility index (Phi) is 3.20. The monoisotopic (exact) mass is 306 g/mol. The minimum Gasteiger partial charge on any atom is -0.265 e. The first kappa shape index (κ1) is 13.2. The molecular formula is C17H14N4S. The van der Waals surface area contributed by atoms with Crippen LogP contribution in [0.1, 0.15) is 17.6 Å². The first-order chi connectivity index (χ1) is 10.8. The van der Waals surface area contributed by atoms with Gasteiger partial charge in [-0.15, -0.1) is 11.3 Å². The second-order valence-corrected chi connectivity index (χ2v) is 6.01. The normalized spacial score (nSPS) is 11.9. The number of aryl methyl sites for hydroxylation is 1. The Balaban J connectivity index is 1.76. The average molecular weight is 306 g/mol. The molecule has 0 aliphatic carbocycles. The van der Waals surface area contributed by atoms with Crippen molar-refractivity contribution in [1.82, 2.24) is 19.7 Å². The Bertz CT molecular complexity index is 948. The van der Waals surface area contributed by atoms with E-state index in [-0.39, 0.29) is 0 Å². The highest BCUT2D eigenvalue weighted by molar-refractivity contribution is 7.19. The van der Waals surface area contributed by atoms with E-state index >= 15 is 0 Å². The van der Waals surface area contributed by atoms with Gasteiger partial charge in [0.05, 0.1) is 22.1 Å². The van der Waals surface area contributed by atoms with Crippen molar-refractivity contribution in [2.75, 3.05) is 0 Å². The van der Waals surface area contributed by atoms with E-state index in [4.69, 9.17) is 0 Å². The SMILES string of the molecule is CCn1nc(/C=C/c2nc3cnccc3s2)c2ccccc21. The molecule has 0 amide bonds. The summed E-state index contributed by atoms with van der Waals surface area (Å²) in [7, 11) is 0. The van der Waals surface area contributed by atoms with Crippen LogP contribution in [-0.2, 0) is 6.54 Å². The van der Waals surface area contributed by atoms with Crippen LogP contribution in [0.4, 0.5) is 0 Å². The topological polar surface area (TPSA) is 43.6 Å². The Morgan fingerprint density at radius 3 is 2.95 bits per heavy atom. The van der Waals surface area contributed by atoms with Gasteiger partial charge >= 0.3 is 0 Å². The van der Waals surface area contributed by atoms with Crippen molar-refractivity contribution in [3.63, 3.8) is 0 Å². The molecule has 0 unspecified atom stereocenters. The van der Waals surface area contributed by atoms with Gasteiger partial charge in [-0.25, -0.2) is 4.98 Å². The predicted octanol–water partition coefficient (Wildman–Crippen LogP) is 4.23. The van der Waals surface area contributed by atoms with E-state index in [1.807, 2.05) is 35.0 Å². The quantitative estimate of drug-likeness (QED) is 0.569. The molecule has 3 heterocycles. The van der Waals surface area contributed by atoms with Gasteiger partial charge in [-0.3, -0.25) is 9.67 Å². The Morgan fingerprint density at radius 1 is 1.18 bits per heavy atom. The predicted molar refractivity (Wildman–Crippen MR) is 91.8 cm³/mol. The first-order valence-electron chi connectivity index (χ1n) is 7.19. The van der Waals surface area contributed by atoms with Gasteiger partial charge in [-0.1, -0.05) is 18.2 Å². The number of para-hydroxylation sites is 1. The van der Waals surface area contributed by atoms with E-state index in [9.17, 15) is 0 Å². The molecule has 5 heteroatoms. The fraction of sp³-hybridized carbons (Fsp3) is 0.118. The summed E-state index contributed by atoms with van der Waals surface area (Å²) in [4.78, 5) is 8.67. The van der Waals surface area contributed by atoms with Crippen LogP contribution in [-0.4, -0.2) is 19.7 Å². The molecule has 3 aromatic heterocycles. The second kappa shape index (κ2) is 5.35. The van der Waals surface area contributed by atoms with Gasteiger partial charge in [-0.2, -0.15) is 5.10 Å². The molecule has 0 aliphatic heterocycles. The molecule has 4 rings (SSSR count). The molecule has 4 aromatic rings. The molecule has 0 saturated heterocycles. The summed E-state index contributed by atoms with van der Waals surface area (Å²) in [5.74, 6) is 0. The van der Waals surface area contributed by atoms with Crippen LogP contribution in [0.15, 0.2) is 42.7 Å². The fourth-order valence-corrected chi connectivity index (χ4v) is 3.37. The standard InChI is InChI=1S/C17H14N4S/c1-2-21-15-6-4-3-5-12(15)13(20-21)7-8-17-19-14-11-18-10-9-16(14)22-17/h3-11H,2H2,1H3/b8-7+. The number of nitrogens with zero attached hydrogens (tertiary/aromatic N) is 4. The number of benzene rings is 1. The smallest absolute Gasteiger partial charge is 0.117 e. The van der Waals surface area contributed by atoms with E-state index in [2.05, 4.69) is 34.1 Å². The van der Waals surface area contributed by atoms with Crippen molar-refractivity contribution < 1.29 is 0 Å². The lowest BCUT2D eigenvalue weighted by Crippen LogP contribution is -1.95. The van der Waals surface area contributed by atoms with Crippen molar-refractivity contribution in [2.45, 2.75) is 13.5 Å². The lowest BCUT2D eigenvalue weighted by atomic mass is 10.2. The number of aromatic nitrogens is 4. The molecule has 0 atom stereocenters. The number of thiazole rings is 1. The van der Waals surface area contributed by atoms with Gasteiger partial charge < -0.3 is 0 Å². The Hall–Kier alpha value is -2.53. The highest BCUT2D eigenvalue weighted by atomic mass is 32.1. The van der Waals surface area contributed by atoms with Gasteiger partial charge in [0.2, 0.25) is 0 Å². The first-order valence-corrected chi connectivity index (χ1v) is 8.01. The van der Waals surface area contributed by atoms with Crippen LogP contribution in [0, 0.1) is 0 Å². The summed E-state index contributed by atoms with van der Waals surface area (Å²) in [5, 5.41) is 6.81. The van der Waals surface area contributed by atoms with E-state index in [0.29, 0.717) is 0 Å². The molecule has 0 bridgehead atoms. The van der Waals surface area contributed by atoms with Crippen LogP contribution in [0.5, 0.6) is 0 Å². The van der Waals surface area contributed by atoms with Crippen LogP contribution >= 0.6 is 11.3 Å². The molecule has 0 saturated carbocycles. The maximum absolute atomic E-state index is 4.67. The van der Waals surface area contributed by atoms with Crippen LogP contribution < -0.4 is 0 Å². The summed E-state index contributed by atoms with van der Waals surface area (Å²) >= 11 is 1.66. The second-order valence-electron chi connectivity index (χ2n) is 4.95. The van der Waals surface area contributed by atoms with Gasteiger partial charge in [0.15, 0.2) is 0 Å². The maximum Gasteiger partial charge on any atom is 0.117 e. The third-order valence-corrected chi connectivity index (χ3v) is 4.58. The Labute approximate surface area is 131 Å². The minimum atomic E-state index is 0.862. The van der Waals surface area contributed by atoms with Gasteiger partial charge in [0, 0.05) is 18.1 Å². The third kappa shape index (κ3) is 2.19. The molecule has 1 aromatic carbocycles. The van der Waals surface area contributed by atoms with Gasteiger partial charge in [-0.05, 0) is 31.2 Å². The van der Waals surface area contributed by atoms with Crippen LogP contribution in [0.2, 0.25) is 0 Å². The molecule has 0 radical (unpaired) electrons. The number of fused-ring (bicyclic) bond motifs is 2. The molecule has 0 spiro atoms. The van der Waals surface area contributed by atoms with Crippen molar-refractivity contribution >= 4 is 44.6 Å². The van der Waals surface area contributed by atoms with E-state index < -0.39 is 0 Å². The summed E-state index contributed by atoms with van der Waals surface area (Å²) in [6.07, 6.45) is 7.66. The number of pyridine rings is 1. The van der Waals surface area contributed by atoms with Gasteiger partial charge in [0.25, 0.3) is 0 Å². The number of hydrogen-bond donors (Lipinski definition) is 0. The van der Waals surface area contributed by atoms with Gasteiger partial charge in [0.1, 0.15) is 10.5 Å². The van der Waals surface area contributed by atoms with Crippen molar-refractivity contribution in [3.8, 4) is 0 Å². The van der Waals surface area contributed by atoms with E-state index in [1.165, 1.54) is 5.39 Å². The molecule has 0 N–H and O–H groups in total. The van der Waals surface area contributed by atoms with E-state index in [1.54, 1.807) is 23.7 Å². The molecule has 4 nitrogen and oxygen atoms in total. The highest BCUT2D eigenvalue weighted by Gasteiger charge is 2.07. The Morgan fingerprint density at radius 2 is 2.09 bits per heavy atom. The number of hydrogen-bond acceptors (Lipinski definition) is 4. The third-order valence-electron chi connectivity index (χ3n) is 3.58. The highest BCUT2D eigenvalue weighted by Crippen LogP contribution is 2.24. The fourth-order valence-electron chi connectivity index (χ4n) is 2.54. The van der Waals surface area contributed by atoms with Crippen LogP contribution in [0.25, 0.3) is 33.3 Å². The molecule has 22 heavy (non-hydrogen) atoms. The summed E-state index contributed by atoms with van der Waals surface area (Å²) in [6, 6.07) is 10.3. The zero-order valence-corrected chi connectivity index (χ0v) is 12.9. The van der Waals surface area contributed by atoms with E-state index in [0.717, 1.165) is 33.0 Å². The zero-order chi connectivity index (χ0) is 14.9. The maximum atomic E-state index is 4.67. The summed E-state index contributed by atoms with van der Waals surface area (Å²) in [6.45, 7) is 2.97. The van der Waals surface area contributed by atoms with Crippen molar-refractivity contribution in [3.05, 3.63) is 53.4 Å². The van der Waals surface area contributed by atoms with Crippen molar-refractivity contribution in [1.29, 1.82) is 0 Å². The van der Waals surface area contributed by atoms with Crippen LogP contribution in [0.3, 0.4) is 0 Å². The zero-order valence-electron chi connectivity index (χ0n) is 12.1. The minimum absolute atomic E-state index is 0.862. The summed E-state index contributed by atoms with van der Waals surface area (Å²) < 4.78 is 3.18.